The van der Waals surface area contributed by atoms with Crippen LogP contribution in [0.1, 0.15) is 42.5 Å². The number of hydrogen-bond donors (Lipinski definition) is 1. The van der Waals surface area contributed by atoms with Gasteiger partial charge in [-0.05, 0) is 51.6 Å². The summed E-state index contributed by atoms with van der Waals surface area (Å²) in [6, 6.07) is 3.32. The van der Waals surface area contributed by atoms with Gasteiger partial charge in [0.1, 0.15) is 11.6 Å². The Morgan fingerprint density at radius 2 is 2.10 bits per heavy atom. The van der Waals surface area contributed by atoms with Crippen LogP contribution in [-0.2, 0) is 0 Å². The lowest BCUT2D eigenvalue weighted by Gasteiger charge is -2.31. The van der Waals surface area contributed by atoms with Crippen LogP contribution in [0, 0.1) is 25.2 Å². The van der Waals surface area contributed by atoms with Gasteiger partial charge in [0.2, 0.25) is 0 Å². The van der Waals surface area contributed by atoms with E-state index in [4.69, 9.17) is 0 Å². The molecule has 0 saturated carbocycles. The molecule has 20 heavy (non-hydrogen) atoms. The van der Waals surface area contributed by atoms with Crippen molar-refractivity contribution in [3.05, 3.63) is 16.8 Å². The summed E-state index contributed by atoms with van der Waals surface area (Å²) in [5.74, 6) is 0.784. The highest BCUT2D eigenvalue weighted by Crippen LogP contribution is 2.31. The van der Waals surface area contributed by atoms with Gasteiger partial charge in [0.25, 0.3) is 0 Å². The van der Waals surface area contributed by atoms with Crippen molar-refractivity contribution in [1.29, 1.82) is 5.26 Å². The summed E-state index contributed by atoms with van der Waals surface area (Å²) in [7, 11) is 0. The molecule has 0 radical (unpaired) electrons. The Morgan fingerprint density at radius 3 is 2.80 bits per heavy atom. The van der Waals surface area contributed by atoms with Crippen molar-refractivity contribution >= 4 is 5.82 Å². The largest absolute Gasteiger partial charge is 0.349 e. The SMILES string of the molecule is Cc1nnc(N2CCCC2C2CCCN2)c(C#N)c1C. The zero-order chi connectivity index (χ0) is 14.1. The molecule has 1 aromatic heterocycles. The Labute approximate surface area is 120 Å². The first kappa shape index (κ1) is 13.3. The fraction of sp³-hybridized carbons (Fsp3) is 0.667. The van der Waals surface area contributed by atoms with Gasteiger partial charge in [-0.2, -0.15) is 10.4 Å². The average molecular weight is 271 g/mol. The second-order valence-corrected chi connectivity index (χ2v) is 5.83. The number of rotatable bonds is 2. The van der Waals surface area contributed by atoms with E-state index in [9.17, 15) is 5.26 Å². The molecule has 2 aliphatic heterocycles. The van der Waals surface area contributed by atoms with Crippen LogP contribution < -0.4 is 10.2 Å². The summed E-state index contributed by atoms with van der Waals surface area (Å²) in [6.07, 6.45) is 4.82. The van der Waals surface area contributed by atoms with E-state index in [2.05, 4.69) is 26.5 Å². The first-order valence-corrected chi connectivity index (χ1v) is 7.46. The second-order valence-electron chi connectivity index (χ2n) is 5.83. The number of anilines is 1. The number of nitrogens with zero attached hydrogens (tertiary/aromatic N) is 4. The van der Waals surface area contributed by atoms with E-state index < -0.39 is 0 Å². The zero-order valence-corrected chi connectivity index (χ0v) is 12.2. The number of aryl methyl sites for hydroxylation is 1. The topological polar surface area (TPSA) is 64.8 Å². The van der Waals surface area contributed by atoms with Crippen LogP contribution in [0.4, 0.5) is 5.82 Å². The van der Waals surface area contributed by atoms with Gasteiger partial charge in [0.15, 0.2) is 5.82 Å². The van der Waals surface area contributed by atoms with Crippen molar-refractivity contribution in [3.63, 3.8) is 0 Å². The molecule has 0 aromatic carbocycles. The Bertz CT molecular complexity index is 542. The van der Waals surface area contributed by atoms with Crippen LogP contribution in [-0.4, -0.2) is 35.4 Å². The highest BCUT2D eigenvalue weighted by molar-refractivity contribution is 5.58. The van der Waals surface area contributed by atoms with E-state index in [0.717, 1.165) is 30.2 Å². The van der Waals surface area contributed by atoms with E-state index in [0.29, 0.717) is 17.6 Å². The molecule has 0 aliphatic carbocycles. The molecule has 0 amide bonds. The maximum Gasteiger partial charge on any atom is 0.169 e. The monoisotopic (exact) mass is 271 g/mol. The molecule has 0 spiro atoms. The smallest absolute Gasteiger partial charge is 0.169 e. The van der Waals surface area contributed by atoms with E-state index >= 15 is 0 Å². The van der Waals surface area contributed by atoms with E-state index in [1.807, 2.05) is 13.8 Å². The summed E-state index contributed by atoms with van der Waals surface area (Å²) >= 11 is 0. The van der Waals surface area contributed by atoms with Crippen molar-refractivity contribution in [1.82, 2.24) is 15.5 Å². The lowest BCUT2D eigenvalue weighted by Crippen LogP contribution is -2.44. The highest BCUT2D eigenvalue weighted by atomic mass is 15.3. The van der Waals surface area contributed by atoms with Gasteiger partial charge in [0.05, 0.1) is 5.69 Å². The Kier molecular flexibility index (Phi) is 3.58. The summed E-state index contributed by atoms with van der Waals surface area (Å²) in [4.78, 5) is 2.31. The molecule has 1 aromatic rings. The third kappa shape index (κ3) is 2.14. The lowest BCUT2D eigenvalue weighted by atomic mass is 10.0. The van der Waals surface area contributed by atoms with Crippen LogP contribution in [0.3, 0.4) is 0 Å². The molecule has 2 unspecified atom stereocenters. The molecule has 3 heterocycles. The predicted molar refractivity (Wildman–Crippen MR) is 77.6 cm³/mol. The number of hydrogen-bond acceptors (Lipinski definition) is 5. The molecule has 106 valence electrons. The number of aromatic nitrogens is 2. The van der Waals surface area contributed by atoms with Crippen LogP contribution in [0.5, 0.6) is 0 Å². The van der Waals surface area contributed by atoms with Gasteiger partial charge in [-0.1, -0.05) is 0 Å². The standard InChI is InChI=1S/C15H21N5/c1-10-11(2)18-19-15(12(10)9-16)20-8-4-6-14(20)13-5-3-7-17-13/h13-14,17H,3-8H2,1-2H3. The Morgan fingerprint density at radius 1 is 1.25 bits per heavy atom. The molecule has 3 rings (SSSR count). The molecule has 2 saturated heterocycles. The molecule has 2 aliphatic rings. The van der Waals surface area contributed by atoms with Gasteiger partial charge >= 0.3 is 0 Å². The average Bonchev–Trinajstić information content (AvgIpc) is 3.10. The van der Waals surface area contributed by atoms with Crippen molar-refractivity contribution in [3.8, 4) is 6.07 Å². The fourth-order valence-corrected chi connectivity index (χ4v) is 3.44. The summed E-state index contributed by atoms with van der Waals surface area (Å²) < 4.78 is 0. The molecule has 1 N–H and O–H groups in total. The fourth-order valence-electron chi connectivity index (χ4n) is 3.44. The van der Waals surface area contributed by atoms with Gasteiger partial charge < -0.3 is 10.2 Å². The third-order valence-corrected chi connectivity index (χ3v) is 4.68. The van der Waals surface area contributed by atoms with Crippen LogP contribution in [0.25, 0.3) is 0 Å². The first-order chi connectivity index (χ1) is 9.72. The normalized spacial score (nSPS) is 25.9. The minimum absolute atomic E-state index is 0.459. The quantitative estimate of drug-likeness (QED) is 0.886. The van der Waals surface area contributed by atoms with Gasteiger partial charge in [-0.25, -0.2) is 0 Å². The maximum atomic E-state index is 9.48. The highest BCUT2D eigenvalue weighted by Gasteiger charge is 2.35. The molecule has 2 fully saturated rings. The molecular formula is C15H21N5. The summed E-state index contributed by atoms with van der Waals surface area (Å²) in [6.45, 7) is 5.96. The predicted octanol–water partition coefficient (Wildman–Crippen LogP) is 1.69. The van der Waals surface area contributed by atoms with Gasteiger partial charge in [0, 0.05) is 18.6 Å². The molecular weight excluding hydrogens is 250 g/mol. The van der Waals surface area contributed by atoms with E-state index in [1.165, 1.54) is 25.7 Å². The Hall–Kier alpha value is -1.67. The van der Waals surface area contributed by atoms with Crippen molar-refractivity contribution in [2.75, 3.05) is 18.0 Å². The van der Waals surface area contributed by atoms with Crippen molar-refractivity contribution in [2.24, 2.45) is 0 Å². The molecule has 5 nitrogen and oxygen atoms in total. The maximum absolute atomic E-state index is 9.48. The summed E-state index contributed by atoms with van der Waals surface area (Å²) in [5.41, 5.74) is 2.50. The van der Waals surface area contributed by atoms with Gasteiger partial charge in [-0.3, -0.25) is 0 Å². The first-order valence-electron chi connectivity index (χ1n) is 7.46. The van der Waals surface area contributed by atoms with Crippen molar-refractivity contribution < 1.29 is 0 Å². The van der Waals surface area contributed by atoms with Crippen LogP contribution in [0.15, 0.2) is 0 Å². The summed E-state index contributed by atoms with van der Waals surface area (Å²) in [5, 5.41) is 21.6. The minimum Gasteiger partial charge on any atom is -0.349 e. The van der Waals surface area contributed by atoms with E-state index in [-0.39, 0.29) is 0 Å². The molecule has 2 atom stereocenters. The van der Waals surface area contributed by atoms with Gasteiger partial charge in [-0.15, -0.1) is 5.10 Å². The minimum atomic E-state index is 0.459. The van der Waals surface area contributed by atoms with Crippen LogP contribution in [0.2, 0.25) is 0 Å². The van der Waals surface area contributed by atoms with Crippen molar-refractivity contribution in [2.45, 2.75) is 51.6 Å². The number of nitrogens with one attached hydrogen (secondary N) is 1. The lowest BCUT2D eigenvalue weighted by molar-refractivity contribution is 0.479. The number of nitriles is 1. The third-order valence-electron chi connectivity index (χ3n) is 4.68. The molecule has 0 bridgehead atoms. The Balaban J connectivity index is 1.95. The van der Waals surface area contributed by atoms with E-state index in [1.54, 1.807) is 0 Å². The zero-order valence-electron chi connectivity index (χ0n) is 12.2. The van der Waals surface area contributed by atoms with Crippen LogP contribution >= 0.6 is 0 Å². The second kappa shape index (κ2) is 5.37. The molecule has 5 heteroatoms.